The van der Waals surface area contributed by atoms with Gasteiger partial charge in [0.25, 0.3) is 5.91 Å². The van der Waals surface area contributed by atoms with Crippen LogP contribution in [0.25, 0.3) is 0 Å². The third-order valence-corrected chi connectivity index (χ3v) is 2.44. The fourth-order valence-corrected chi connectivity index (χ4v) is 1.62. The topological polar surface area (TPSA) is 49.3 Å². The number of rotatable bonds is 3. The third kappa shape index (κ3) is 5.83. The van der Waals surface area contributed by atoms with Crippen LogP contribution in [-0.2, 0) is 0 Å². The van der Waals surface area contributed by atoms with Crippen LogP contribution in [-0.4, -0.2) is 29.8 Å². The highest BCUT2D eigenvalue weighted by atomic mass is 19.4. The Morgan fingerprint density at radius 1 is 1.43 bits per heavy atom. The molecule has 0 aliphatic carbocycles. The Morgan fingerprint density at radius 3 is 2.62 bits per heavy atom. The van der Waals surface area contributed by atoms with Gasteiger partial charge in [-0.15, -0.1) is 0 Å². The van der Waals surface area contributed by atoms with Crippen LogP contribution < -0.4 is 5.32 Å². The molecule has 0 bridgehead atoms. The number of benzene rings is 1. The van der Waals surface area contributed by atoms with Gasteiger partial charge in [0.15, 0.2) is 0 Å². The number of halogens is 4. The van der Waals surface area contributed by atoms with Crippen molar-refractivity contribution in [1.29, 1.82) is 0 Å². The summed E-state index contributed by atoms with van der Waals surface area (Å²) in [7, 11) is 0. The number of aliphatic hydroxyl groups excluding tert-OH is 1. The first-order chi connectivity index (χ1) is 9.73. The molecule has 1 aromatic rings. The summed E-state index contributed by atoms with van der Waals surface area (Å²) in [5.41, 5.74) is -0.111. The van der Waals surface area contributed by atoms with E-state index in [0.717, 1.165) is 12.1 Å². The third-order valence-electron chi connectivity index (χ3n) is 2.44. The van der Waals surface area contributed by atoms with Crippen LogP contribution in [0.2, 0.25) is 0 Å². The highest BCUT2D eigenvalue weighted by Crippen LogP contribution is 2.21. The lowest BCUT2D eigenvalue weighted by Gasteiger charge is -2.16. The lowest BCUT2D eigenvalue weighted by atomic mass is 10.1. The average Bonchev–Trinajstić information content (AvgIpc) is 2.33. The Morgan fingerprint density at radius 2 is 2.10 bits per heavy atom. The number of carbonyl (C=O) groups is 1. The quantitative estimate of drug-likeness (QED) is 0.664. The summed E-state index contributed by atoms with van der Waals surface area (Å²) >= 11 is 0. The number of nitrogens with one attached hydrogen (secondary N) is 1. The first kappa shape index (κ1) is 17.0. The number of carbonyl (C=O) groups excluding carboxylic acids is 1. The molecule has 0 saturated carbocycles. The maximum atomic E-state index is 13.7. The molecular formula is C14H13F4NO2. The van der Waals surface area contributed by atoms with Crippen molar-refractivity contribution in [2.45, 2.75) is 25.6 Å². The second kappa shape index (κ2) is 7.09. The molecule has 1 rings (SSSR count). The first-order valence-electron chi connectivity index (χ1n) is 6.00. The van der Waals surface area contributed by atoms with Gasteiger partial charge >= 0.3 is 6.18 Å². The number of amides is 1. The van der Waals surface area contributed by atoms with E-state index < -0.39 is 37.0 Å². The van der Waals surface area contributed by atoms with E-state index in [2.05, 4.69) is 17.2 Å². The Kier molecular flexibility index (Phi) is 5.73. The summed E-state index contributed by atoms with van der Waals surface area (Å²) in [6.45, 7) is 0.795. The van der Waals surface area contributed by atoms with E-state index in [1.54, 1.807) is 0 Å². The molecule has 0 radical (unpaired) electrons. The van der Waals surface area contributed by atoms with E-state index in [0.29, 0.717) is 0 Å². The zero-order chi connectivity index (χ0) is 16.0. The van der Waals surface area contributed by atoms with Crippen LogP contribution >= 0.6 is 0 Å². The van der Waals surface area contributed by atoms with Gasteiger partial charge in [0.2, 0.25) is 0 Å². The van der Waals surface area contributed by atoms with Crippen molar-refractivity contribution in [3.8, 4) is 11.8 Å². The van der Waals surface area contributed by atoms with Crippen LogP contribution in [0, 0.1) is 17.7 Å². The number of alkyl halides is 3. The molecule has 0 aliphatic rings. The van der Waals surface area contributed by atoms with Crippen LogP contribution in [0.3, 0.4) is 0 Å². The second-order valence-corrected chi connectivity index (χ2v) is 4.35. The van der Waals surface area contributed by atoms with Gasteiger partial charge in [0.1, 0.15) is 12.4 Å². The molecule has 1 atom stereocenters. The summed E-state index contributed by atoms with van der Waals surface area (Å²) in [6.07, 6.45) is -5.60. The molecule has 0 fully saturated rings. The van der Waals surface area contributed by atoms with E-state index in [9.17, 15) is 22.4 Å². The normalized spacial score (nSPS) is 12.3. The van der Waals surface area contributed by atoms with Gasteiger partial charge in [-0.25, -0.2) is 4.39 Å². The van der Waals surface area contributed by atoms with Crippen LogP contribution in [0.4, 0.5) is 17.6 Å². The minimum Gasteiger partial charge on any atom is -0.384 e. The largest absolute Gasteiger partial charge is 0.391 e. The maximum Gasteiger partial charge on any atom is 0.391 e. The maximum absolute atomic E-state index is 13.7. The SMILES string of the molecule is CC(CC(F)(F)F)NC(=O)c1ccc(C#CCO)cc1F. The molecule has 114 valence electrons. The van der Waals surface area contributed by atoms with E-state index in [1.807, 2.05) is 0 Å². The Bertz CT molecular complexity index is 573. The smallest absolute Gasteiger partial charge is 0.384 e. The molecule has 3 nitrogen and oxygen atoms in total. The monoisotopic (exact) mass is 303 g/mol. The predicted molar refractivity (Wildman–Crippen MR) is 68.0 cm³/mol. The zero-order valence-corrected chi connectivity index (χ0v) is 11.1. The summed E-state index contributed by atoms with van der Waals surface area (Å²) < 4.78 is 50.1. The highest BCUT2D eigenvalue weighted by molar-refractivity contribution is 5.94. The number of aliphatic hydroxyl groups is 1. The standard InChI is InChI=1S/C14H13F4NO2/c1-9(8-14(16,17)18)19-13(21)11-5-4-10(3-2-6-20)7-12(11)15/h4-5,7,9,20H,6,8H2,1H3,(H,19,21). The molecular weight excluding hydrogens is 290 g/mol. The molecule has 1 aromatic carbocycles. The fraction of sp³-hybridized carbons (Fsp3) is 0.357. The molecule has 1 unspecified atom stereocenters. The van der Waals surface area contributed by atoms with Crippen LogP contribution in [0.1, 0.15) is 29.3 Å². The fourth-order valence-electron chi connectivity index (χ4n) is 1.62. The van der Waals surface area contributed by atoms with Gasteiger partial charge < -0.3 is 10.4 Å². The molecule has 0 spiro atoms. The summed E-state index contributed by atoms with van der Waals surface area (Å²) in [4.78, 5) is 11.7. The van der Waals surface area contributed by atoms with E-state index >= 15 is 0 Å². The van der Waals surface area contributed by atoms with Crippen molar-refractivity contribution < 1.29 is 27.5 Å². The van der Waals surface area contributed by atoms with Gasteiger partial charge in [-0.1, -0.05) is 11.8 Å². The molecule has 1 amide bonds. The van der Waals surface area contributed by atoms with Crippen LogP contribution in [0.15, 0.2) is 18.2 Å². The van der Waals surface area contributed by atoms with Gasteiger partial charge in [0, 0.05) is 11.6 Å². The summed E-state index contributed by atoms with van der Waals surface area (Å²) in [5, 5.41) is 10.6. The molecule has 21 heavy (non-hydrogen) atoms. The lowest BCUT2D eigenvalue weighted by Crippen LogP contribution is -2.36. The molecule has 2 N–H and O–H groups in total. The Balaban J connectivity index is 2.79. The molecule has 0 heterocycles. The second-order valence-electron chi connectivity index (χ2n) is 4.35. The molecule has 0 aromatic heterocycles. The van der Waals surface area contributed by atoms with Crippen molar-refractivity contribution in [2.75, 3.05) is 6.61 Å². The summed E-state index contributed by atoms with van der Waals surface area (Å²) in [6, 6.07) is 2.29. The molecule has 0 saturated heterocycles. The van der Waals surface area contributed by atoms with Crippen LogP contribution in [0.5, 0.6) is 0 Å². The van der Waals surface area contributed by atoms with Crippen molar-refractivity contribution in [3.63, 3.8) is 0 Å². The molecule has 7 heteroatoms. The van der Waals surface area contributed by atoms with Crippen molar-refractivity contribution >= 4 is 5.91 Å². The average molecular weight is 303 g/mol. The zero-order valence-electron chi connectivity index (χ0n) is 11.1. The predicted octanol–water partition coefficient (Wildman–Crippen LogP) is 2.24. The lowest BCUT2D eigenvalue weighted by molar-refractivity contribution is -0.138. The Labute approximate surface area is 119 Å². The minimum atomic E-state index is -4.41. The van der Waals surface area contributed by atoms with E-state index in [1.165, 1.54) is 13.0 Å². The van der Waals surface area contributed by atoms with Crippen molar-refractivity contribution in [1.82, 2.24) is 5.32 Å². The highest BCUT2D eigenvalue weighted by Gasteiger charge is 2.30. The number of hydrogen-bond donors (Lipinski definition) is 2. The van der Waals surface area contributed by atoms with Crippen molar-refractivity contribution in [3.05, 3.63) is 35.1 Å². The van der Waals surface area contributed by atoms with Crippen molar-refractivity contribution in [2.24, 2.45) is 0 Å². The van der Waals surface area contributed by atoms with Gasteiger partial charge in [-0.2, -0.15) is 13.2 Å². The van der Waals surface area contributed by atoms with Gasteiger partial charge in [0.05, 0.1) is 12.0 Å². The number of hydrogen-bond acceptors (Lipinski definition) is 2. The van der Waals surface area contributed by atoms with Gasteiger partial charge in [-0.3, -0.25) is 4.79 Å². The van der Waals surface area contributed by atoms with E-state index in [4.69, 9.17) is 5.11 Å². The molecule has 0 aliphatic heterocycles. The minimum absolute atomic E-state index is 0.251. The van der Waals surface area contributed by atoms with Gasteiger partial charge in [-0.05, 0) is 25.1 Å². The Hall–Kier alpha value is -2.07. The first-order valence-corrected chi connectivity index (χ1v) is 6.00. The van der Waals surface area contributed by atoms with E-state index in [-0.39, 0.29) is 11.1 Å². The summed E-state index contributed by atoms with van der Waals surface area (Å²) in [5.74, 6) is 2.95.